The Bertz CT molecular complexity index is 575. The van der Waals surface area contributed by atoms with Crippen molar-refractivity contribution < 1.29 is 9.53 Å². The molecule has 0 radical (unpaired) electrons. The second-order valence-corrected chi connectivity index (χ2v) is 6.30. The molecule has 24 heavy (non-hydrogen) atoms. The summed E-state index contributed by atoms with van der Waals surface area (Å²) in [6.07, 6.45) is 2.19. The Labute approximate surface area is 144 Å². The minimum Gasteiger partial charge on any atom is -0.369 e. The molecule has 4 heteroatoms. The van der Waals surface area contributed by atoms with Gasteiger partial charge in [-0.2, -0.15) is 0 Å². The monoisotopic (exact) mass is 326 g/mol. The second-order valence-electron chi connectivity index (χ2n) is 6.30. The molecule has 1 heterocycles. The van der Waals surface area contributed by atoms with E-state index >= 15 is 0 Å². The number of amides is 1. The standard InChI is InChI=1S/C20H26N2O2/c1-15(2)12-14-24-16(3)20(23)22-19(17-9-5-4-6-10-17)18-11-7-8-13-21-18/h4-11,13,15-16,19H,12,14H2,1-3H3,(H,22,23)/t16-,19+/m0/s1. The molecule has 1 N–H and O–H groups in total. The van der Waals surface area contributed by atoms with Gasteiger partial charge < -0.3 is 10.1 Å². The van der Waals surface area contributed by atoms with Crippen LogP contribution < -0.4 is 5.32 Å². The highest BCUT2D eigenvalue weighted by molar-refractivity contribution is 5.81. The SMILES string of the molecule is CC(C)CCO[C@@H](C)C(=O)N[C@H](c1ccccc1)c1ccccn1. The molecule has 2 aromatic rings. The molecule has 4 nitrogen and oxygen atoms in total. The van der Waals surface area contributed by atoms with Gasteiger partial charge in [-0.25, -0.2) is 0 Å². The van der Waals surface area contributed by atoms with Gasteiger partial charge >= 0.3 is 0 Å². The molecule has 1 amide bonds. The Morgan fingerprint density at radius 3 is 2.42 bits per heavy atom. The van der Waals surface area contributed by atoms with Gasteiger partial charge in [-0.15, -0.1) is 0 Å². The average Bonchev–Trinajstić information content (AvgIpc) is 2.60. The van der Waals surface area contributed by atoms with Crippen molar-refractivity contribution in [3.8, 4) is 0 Å². The summed E-state index contributed by atoms with van der Waals surface area (Å²) in [6.45, 7) is 6.66. The molecule has 1 aromatic heterocycles. The summed E-state index contributed by atoms with van der Waals surface area (Å²) in [5.41, 5.74) is 1.81. The van der Waals surface area contributed by atoms with Crippen molar-refractivity contribution in [1.29, 1.82) is 0 Å². The van der Waals surface area contributed by atoms with E-state index in [1.807, 2.05) is 48.5 Å². The zero-order valence-corrected chi connectivity index (χ0v) is 14.6. The summed E-state index contributed by atoms with van der Waals surface area (Å²) < 4.78 is 5.65. The Balaban J connectivity index is 2.07. The highest BCUT2D eigenvalue weighted by Crippen LogP contribution is 2.20. The molecule has 0 aliphatic heterocycles. The van der Waals surface area contributed by atoms with Crippen LogP contribution in [0.3, 0.4) is 0 Å². The second kappa shape index (κ2) is 9.18. The molecule has 0 fully saturated rings. The van der Waals surface area contributed by atoms with Crippen molar-refractivity contribution in [3.05, 3.63) is 66.0 Å². The Morgan fingerprint density at radius 1 is 1.08 bits per heavy atom. The number of nitrogens with zero attached hydrogens (tertiary/aromatic N) is 1. The van der Waals surface area contributed by atoms with E-state index in [2.05, 4.69) is 24.1 Å². The van der Waals surface area contributed by atoms with Gasteiger partial charge in [0.25, 0.3) is 0 Å². The van der Waals surface area contributed by atoms with E-state index in [-0.39, 0.29) is 11.9 Å². The predicted molar refractivity (Wildman–Crippen MR) is 95.5 cm³/mol. The van der Waals surface area contributed by atoms with Crippen molar-refractivity contribution in [2.24, 2.45) is 5.92 Å². The summed E-state index contributed by atoms with van der Waals surface area (Å²) in [5, 5.41) is 3.06. The zero-order chi connectivity index (χ0) is 17.4. The fraction of sp³-hybridized carbons (Fsp3) is 0.400. The molecule has 0 unspecified atom stereocenters. The third-order valence-corrected chi connectivity index (χ3v) is 3.84. The van der Waals surface area contributed by atoms with Crippen LogP contribution in [0.4, 0.5) is 0 Å². The number of nitrogens with one attached hydrogen (secondary N) is 1. The number of hydrogen-bond acceptors (Lipinski definition) is 3. The van der Waals surface area contributed by atoms with E-state index in [4.69, 9.17) is 4.74 Å². The normalized spacial score (nSPS) is 13.5. The fourth-order valence-electron chi connectivity index (χ4n) is 2.34. The third kappa shape index (κ3) is 5.46. The molecule has 1 aromatic carbocycles. The lowest BCUT2D eigenvalue weighted by Crippen LogP contribution is -2.38. The molecular weight excluding hydrogens is 300 g/mol. The molecule has 0 spiro atoms. The first-order valence-corrected chi connectivity index (χ1v) is 8.45. The van der Waals surface area contributed by atoms with Gasteiger partial charge in [0.1, 0.15) is 6.10 Å². The van der Waals surface area contributed by atoms with Crippen LogP contribution >= 0.6 is 0 Å². The minimum absolute atomic E-state index is 0.127. The largest absolute Gasteiger partial charge is 0.369 e. The van der Waals surface area contributed by atoms with Crippen LogP contribution in [0.25, 0.3) is 0 Å². The number of ether oxygens (including phenoxy) is 1. The lowest BCUT2D eigenvalue weighted by Gasteiger charge is -2.21. The summed E-state index contributed by atoms with van der Waals surface area (Å²) >= 11 is 0. The van der Waals surface area contributed by atoms with Crippen LogP contribution in [0.15, 0.2) is 54.7 Å². The van der Waals surface area contributed by atoms with E-state index in [1.165, 1.54) is 0 Å². The van der Waals surface area contributed by atoms with Crippen LogP contribution in [0.5, 0.6) is 0 Å². The summed E-state index contributed by atoms with van der Waals surface area (Å²) in [7, 11) is 0. The van der Waals surface area contributed by atoms with E-state index in [0.29, 0.717) is 12.5 Å². The van der Waals surface area contributed by atoms with Crippen molar-refractivity contribution >= 4 is 5.91 Å². The van der Waals surface area contributed by atoms with Gasteiger partial charge in [0.15, 0.2) is 0 Å². The van der Waals surface area contributed by atoms with Crippen LogP contribution in [-0.2, 0) is 9.53 Å². The van der Waals surface area contributed by atoms with Crippen molar-refractivity contribution in [2.75, 3.05) is 6.61 Å². The molecule has 0 saturated carbocycles. The van der Waals surface area contributed by atoms with Gasteiger partial charge in [-0.1, -0.05) is 50.2 Å². The molecule has 0 aliphatic rings. The Hall–Kier alpha value is -2.20. The number of pyridine rings is 1. The van der Waals surface area contributed by atoms with Crippen LogP contribution in [0.2, 0.25) is 0 Å². The quantitative estimate of drug-likeness (QED) is 0.804. The molecule has 2 atom stereocenters. The number of rotatable bonds is 8. The highest BCUT2D eigenvalue weighted by atomic mass is 16.5. The average molecular weight is 326 g/mol. The molecule has 0 saturated heterocycles. The maximum atomic E-state index is 12.5. The van der Waals surface area contributed by atoms with E-state index in [9.17, 15) is 4.79 Å². The topological polar surface area (TPSA) is 51.2 Å². The molecule has 0 bridgehead atoms. The maximum absolute atomic E-state index is 12.5. The van der Waals surface area contributed by atoms with Crippen LogP contribution in [-0.4, -0.2) is 23.6 Å². The zero-order valence-electron chi connectivity index (χ0n) is 14.6. The lowest BCUT2D eigenvalue weighted by atomic mass is 10.0. The summed E-state index contributed by atoms with van der Waals surface area (Å²) in [4.78, 5) is 16.9. The smallest absolute Gasteiger partial charge is 0.249 e. The predicted octanol–water partition coefficient (Wildman–Crippen LogP) is 3.74. The Morgan fingerprint density at radius 2 is 1.79 bits per heavy atom. The van der Waals surface area contributed by atoms with Crippen molar-refractivity contribution in [2.45, 2.75) is 39.3 Å². The highest BCUT2D eigenvalue weighted by Gasteiger charge is 2.21. The summed E-state index contributed by atoms with van der Waals surface area (Å²) in [5.74, 6) is 0.434. The van der Waals surface area contributed by atoms with Gasteiger partial charge in [-0.05, 0) is 37.0 Å². The van der Waals surface area contributed by atoms with Gasteiger partial charge in [0.2, 0.25) is 5.91 Å². The number of carbonyl (C=O) groups is 1. The van der Waals surface area contributed by atoms with Crippen LogP contribution in [0, 0.1) is 5.92 Å². The van der Waals surface area contributed by atoms with Crippen molar-refractivity contribution in [1.82, 2.24) is 10.3 Å². The third-order valence-electron chi connectivity index (χ3n) is 3.84. The van der Waals surface area contributed by atoms with E-state index in [0.717, 1.165) is 17.7 Å². The first-order valence-electron chi connectivity index (χ1n) is 8.45. The number of hydrogen-bond donors (Lipinski definition) is 1. The molecule has 128 valence electrons. The maximum Gasteiger partial charge on any atom is 0.249 e. The first kappa shape index (κ1) is 18.1. The Kier molecular flexibility index (Phi) is 6.94. The van der Waals surface area contributed by atoms with Gasteiger partial charge in [0, 0.05) is 12.8 Å². The number of benzene rings is 1. The molecule has 2 rings (SSSR count). The first-order chi connectivity index (χ1) is 11.6. The molecule has 0 aliphatic carbocycles. The van der Waals surface area contributed by atoms with E-state index < -0.39 is 6.10 Å². The van der Waals surface area contributed by atoms with Crippen molar-refractivity contribution in [3.63, 3.8) is 0 Å². The van der Waals surface area contributed by atoms with Gasteiger partial charge in [0.05, 0.1) is 11.7 Å². The number of carbonyl (C=O) groups excluding carboxylic acids is 1. The number of aromatic nitrogens is 1. The summed E-state index contributed by atoms with van der Waals surface area (Å²) in [6, 6.07) is 15.3. The van der Waals surface area contributed by atoms with Gasteiger partial charge in [-0.3, -0.25) is 9.78 Å². The van der Waals surface area contributed by atoms with Crippen LogP contribution in [0.1, 0.15) is 44.5 Å². The minimum atomic E-state index is -0.487. The molecular formula is C20H26N2O2. The fourth-order valence-corrected chi connectivity index (χ4v) is 2.34. The van der Waals surface area contributed by atoms with E-state index in [1.54, 1.807) is 13.1 Å². The lowest BCUT2D eigenvalue weighted by molar-refractivity contribution is -0.132.